The molecule has 1 heterocycles. The van der Waals surface area contributed by atoms with Crippen LogP contribution in [0.5, 0.6) is 0 Å². The predicted molar refractivity (Wildman–Crippen MR) is 76.6 cm³/mol. The van der Waals surface area contributed by atoms with Crippen molar-refractivity contribution in [3.8, 4) is 0 Å². The molecule has 0 radical (unpaired) electrons. The van der Waals surface area contributed by atoms with Gasteiger partial charge in [0.1, 0.15) is 0 Å². The highest BCUT2D eigenvalue weighted by atomic mass is 16.1. The van der Waals surface area contributed by atoms with Crippen molar-refractivity contribution in [2.75, 3.05) is 13.1 Å². The van der Waals surface area contributed by atoms with E-state index in [1.165, 1.54) is 25.7 Å². The summed E-state index contributed by atoms with van der Waals surface area (Å²) in [6.45, 7) is 6.51. The van der Waals surface area contributed by atoms with Gasteiger partial charge in [0, 0.05) is 12.5 Å². The van der Waals surface area contributed by atoms with Crippen LogP contribution in [0.2, 0.25) is 0 Å². The molecule has 0 aromatic carbocycles. The molecule has 0 bridgehead atoms. The smallest absolute Gasteiger partial charge is 0.220 e. The van der Waals surface area contributed by atoms with E-state index in [2.05, 4.69) is 24.5 Å². The summed E-state index contributed by atoms with van der Waals surface area (Å²) in [5.41, 5.74) is 0. The summed E-state index contributed by atoms with van der Waals surface area (Å²) in [6.07, 6.45) is 9.27. The first-order valence-corrected chi connectivity index (χ1v) is 7.72. The molecule has 0 saturated carbocycles. The number of piperidine rings is 1. The summed E-state index contributed by atoms with van der Waals surface area (Å²) in [5, 5.41) is 6.48. The highest BCUT2D eigenvalue weighted by Crippen LogP contribution is 2.15. The minimum absolute atomic E-state index is 0.255. The zero-order valence-corrected chi connectivity index (χ0v) is 12.1. The Morgan fingerprint density at radius 3 is 2.67 bits per heavy atom. The van der Waals surface area contributed by atoms with Gasteiger partial charge in [0.05, 0.1) is 0 Å². The number of rotatable bonds is 8. The van der Waals surface area contributed by atoms with Crippen molar-refractivity contribution in [2.24, 2.45) is 5.92 Å². The van der Waals surface area contributed by atoms with Crippen LogP contribution in [0.15, 0.2) is 0 Å². The van der Waals surface area contributed by atoms with Crippen LogP contribution >= 0.6 is 0 Å². The fourth-order valence-corrected chi connectivity index (χ4v) is 2.63. The predicted octanol–water partition coefficient (Wildman–Crippen LogP) is 2.85. The summed E-state index contributed by atoms with van der Waals surface area (Å²) >= 11 is 0. The lowest BCUT2D eigenvalue weighted by atomic mass is 9.94. The fourth-order valence-electron chi connectivity index (χ4n) is 2.63. The fraction of sp³-hybridized carbons (Fsp3) is 0.933. The number of nitrogens with one attached hydrogen (secondary N) is 2. The maximum atomic E-state index is 11.9. The molecule has 0 aromatic heterocycles. The van der Waals surface area contributed by atoms with Crippen molar-refractivity contribution in [1.29, 1.82) is 0 Å². The summed E-state index contributed by atoms with van der Waals surface area (Å²) in [7, 11) is 0. The van der Waals surface area contributed by atoms with Gasteiger partial charge in [-0.2, -0.15) is 0 Å². The van der Waals surface area contributed by atoms with E-state index < -0.39 is 0 Å². The minimum Gasteiger partial charge on any atom is -0.354 e. The molecule has 0 spiro atoms. The maximum Gasteiger partial charge on any atom is 0.220 e. The van der Waals surface area contributed by atoms with Crippen LogP contribution in [0.1, 0.15) is 65.2 Å². The quantitative estimate of drug-likeness (QED) is 0.654. The number of amides is 1. The third kappa shape index (κ3) is 7.00. The largest absolute Gasteiger partial charge is 0.354 e. The molecule has 1 saturated heterocycles. The number of hydrogen-bond donors (Lipinski definition) is 2. The van der Waals surface area contributed by atoms with E-state index in [9.17, 15) is 4.79 Å². The van der Waals surface area contributed by atoms with E-state index in [0.717, 1.165) is 38.8 Å². The zero-order chi connectivity index (χ0) is 13.2. The molecule has 1 unspecified atom stereocenters. The lowest BCUT2D eigenvalue weighted by Gasteiger charge is -2.23. The zero-order valence-electron chi connectivity index (χ0n) is 12.1. The van der Waals surface area contributed by atoms with Crippen LogP contribution in [0.3, 0.4) is 0 Å². The Morgan fingerprint density at radius 2 is 2.00 bits per heavy atom. The molecule has 0 aromatic rings. The number of carbonyl (C=O) groups excluding carboxylic acids is 1. The van der Waals surface area contributed by atoms with E-state index in [1.54, 1.807) is 0 Å². The average molecular weight is 254 g/mol. The standard InChI is InChI=1S/C15H30N2O/c1-3-4-5-6-7-13(2)17-15(18)12-14-8-10-16-11-9-14/h13-14,16H,3-12H2,1-2H3,(H,17,18). The van der Waals surface area contributed by atoms with Gasteiger partial charge >= 0.3 is 0 Å². The van der Waals surface area contributed by atoms with Gasteiger partial charge < -0.3 is 10.6 Å². The molecule has 3 nitrogen and oxygen atoms in total. The van der Waals surface area contributed by atoms with Crippen LogP contribution in [-0.4, -0.2) is 25.0 Å². The van der Waals surface area contributed by atoms with Crippen LogP contribution < -0.4 is 10.6 Å². The number of carbonyl (C=O) groups is 1. The molecule has 1 rings (SSSR count). The highest BCUT2D eigenvalue weighted by Gasteiger charge is 2.17. The molecule has 1 atom stereocenters. The summed E-state index contributed by atoms with van der Waals surface area (Å²) < 4.78 is 0. The van der Waals surface area contributed by atoms with E-state index >= 15 is 0 Å². The third-order valence-corrected chi connectivity index (χ3v) is 3.83. The Morgan fingerprint density at radius 1 is 1.28 bits per heavy atom. The van der Waals surface area contributed by atoms with Crippen molar-refractivity contribution in [1.82, 2.24) is 10.6 Å². The van der Waals surface area contributed by atoms with Crippen LogP contribution in [0.25, 0.3) is 0 Å². The van der Waals surface area contributed by atoms with Crippen molar-refractivity contribution in [2.45, 2.75) is 71.3 Å². The molecule has 1 aliphatic heterocycles. The Bertz CT molecular complexity index is 225. The Balaban J connectivity index is 2.06. The molecular weight excluding hydrogens is 224 g/mol. The maximum absolute atomic E-state index is 11.9. The molecule has 1 amide bonds. The first kappa shape index (κ1) is 15.5. The van der Waals surface area contributed by atoms with Crippen molar-refractivity contribution in [3.63, 3.8) is 0 Å². The minimum atomic E-state index is 0.255. The molecular formula is C15H30N2O. The lowest BCUT2D eigenvalue weighted by molar-refractivity contribution is -0.122. The molecule has 1 aliphatic rings. The van der Waals surface area contributed by atoms with Crippen molar-refractivity contribution < 1.29 is 4.79 Å². The molecule has 0 aliphatic carbocycles. The monoisotopic (exact) mass is 254 g/mol. The van der Waals surface area contributed by atoms with Gasteiger partial charge in [0.15, 0.2) is 0 Å². The van der Waals surface area contributed by atoms with Gasteiger partial charge in [-0.15, -0.1) is 0 Å². The topological polar surface area (TPSA) is 41.1 Å². The van der Waals surface area contributed by atoms with Gasteiger partial charge in [-0.1, -0.05) is 32.6 Å². The second kappa shape index (κ2) is 9.37. The molecule has 1 fully saturated rings. The van der Waals surface area contributed by atoms with E-state index in [0.29, 0.717) is 12.0 Å². The second-order valence-corrected chi connectivity index (χ2v) is 5.72. The normalized spacial score (nSPS) is 18.6. The Hall–Kier alpha value is -0.570. The second-order valence-electron chi connectivity index (χ2n) is 5.72. The van der Waals surface area contributed by atoms with E-state index in [-0.39, 0.29) is 5.91 Å². The van der Waals surface area contributed by atoms with Crippen LogP contribution in [-0.2, 0) is 4.79 Å². The molecule has 2 N–H and O–H groups in total. The summed E-state index contributed by atoms with van der Waals surface area (Å²) in [4.78, 5) is 11.9. The summed E-state index contributed by atoms with van der Waals surface area (Å²) in [5.74, 6) is 0.850. The van der Waals surface area contributed by atoms with E-state index in [1.807, 2.05) is 0 Å². The Kier molecular flexibility index (Phi) is 8.06. The first-order valence-electron chi connectivity index (χ1n) is 7.72. The van der Waals surface area contributed by atoms with Gasteiger partial charge in [-0.25, -0.2) is 0 Å². The van der Waals surface area contributed by atoms with E-state index in [4.69, 9.17) is 0 Å². The molecule has 106 valence electrons. The van der Waals surface area contributed by atoms with Crippen LogP contribution in [0, 0.1) is 5.92 Å². The third-order valence-electron chi connectivity index (χ3n) is 3.83. The SMILES string of the molecule is CCCCCCC(C)NC(=O)CC1CCNCC1. The highest BCUT2D eigenvalue weighted by molar-refractivity contribution is 5.76. The van der Waals surface area contributed by atoms with Crippen LogP contribution in [0.4, 0.5) is 0 Å². The van der Waals surface area contributed by atoms with Crippen molar-refractivity contribution in [3.05, 3.63) is 0 Å². The van der Waals surface area contributed by atoms with Gasteiger partial charge in [0.25, 0.3) is 0 Å². The summed E-state index contributed by atoms with van der Waals surface area (Å²) in [6, 6.07) is 0.344. The number of hydrogen-bond acceptors (Lipinski definition) is 2. The lowest BCUT2D eigenvalue weighted by Crippen LogP contribution is -2.36. The Labute approximate surface area is 112 Å². The molecule has 3 heteroatoms. The van der Waals surface area contributed by atoms with Crippen molar-refractivity contribution >= 4 is 5.91 Å². The van der Waals surface area contributed by atoms with Gasteiger partial charge in [0.2, 0.25) is 5.91 Å². The van der Waals surface area contributed by atoms with Gasteiger partial charge in [-0.3, -0.25) is 4.79 Å². The first-order chi connectivity index (χ1) is 8.72. The average Bonchev–Trinajstić information content (AvgIpc) is 2.35. The van der Waals surface area contributed by atoms with Gasteiger partial charge in [-0.05, 0) is 45.2 Å². The number of unbranched alkanes of at least 4 members (excludes halogenated alkanes) is 3. The molecule has 18 heavy (non-hydrogen) atoms.